The summed E-state index contributed by atoms with van der Waals surface area (Å²) in [7, 11) is 0. The molecule has 0 bridgehead atoms. The molecule has 0 spiro atoms. The van der Waals surface area contributed by atoms with E-state index in [2.05, 4.69) is 23.2 Å². The van der Waals surface area contributed by atoms with Gasteiger partial charge in [-0.25, -0.2) is 0 Å². The van der Waals surface area contributed by atoms with Gasteiger partial charge in [0.1, 0.15) is 0 Å². The van der Waals surface area contributed by atoms with E-state index in [1.807, 2.05) is 12.3 Å². The molecule has 0 aliphatic heterocycles. The molecule has 1 aliphatic rings. The quantitative estimate of drug-likeness (QED) is 0.521. The fourth-order valence-electron chi connectivity index (χ4n) is 1.16. The van der Waals surface area contributed by atoms with Crippen molar-refractivity contribution in [3.63, 3.8) is 0 Å². The molecular weight excluding hydrogens is 122 g/mol. The molecule has 1 aromatic rings. The molecule has 0 unspecified atom stereocenters. The highest BCUT2D eigenvalue weighted by molar-refractivity contribution is 5.29. The molecule has 10 heavy (non-hydrogen) atoms. The number of nitrogens with zero attached hydrogens (tertiary/aromatic N) is 1. The summed E-state index contributed by atoms with van der Waals surface area (Å²) >= 11 is 0. The van der Waals surface area contributed by atoms with Crippen LogP contribution in [0.25, 0.3) is 0 Å². The van der Waals surface area contributed by atoms with Crippen LogP contribution in [0, 0.1) is 6.08 Å². The van der Waals surface area contributed by atoms with E-state index in [0.717, 1.165) is 18.4 Å². The van der Waals surface area contributed by atoms with E-state index < -0.39 is 0 Å². The van der Waals surface area contributed by atoms with E-state index in [0.29, 0.717) is 0 Å². The van der Waals surface area contributed by atoms with Crippen LogP contribution >= 0.6 is 0 Å². The second kappa shape index (κ2) is 2.25. The highest BCUT2D eigenvalue weighted by atomic mass is 14.7. The first-order chi connectivity index (χ1) is 4.97. The fraction of sp³-hybridized carbons (Fsp3) is 0.222. The van der Waals surface area contributed by atoms with Crippen molar-refractivity contribution in [2.24, 2.45) is 0 Å². The first kappa shape index (κ1) is 5.66. The number of hydrogen-bond acceptors (Lipinski definition) is 1. The summed E-state index contributed by atoms with van der Waals surface area (Å²) in [4.78, 5) is 4.24. The predicted molar refractivity (Wildman–Crippen MR) is 39.5 cm³/mol. The van der Waals surface area contributed by atoms with E-state index in [1.165, 1.54) is 5.69 Å². The van der Waals surface area contributed by atoms with Crippen LogP contribution in [0.4, 0.5) is 0 Å². The normalized spacial score (nSPS) is 14.8. The van der Waals surface area contributed by atoms with Crippen LogP contribution in [0.15, 0.2) is 24.4 Å². The number of hydrogen-bond donors (Lipinski definition) is 0. The third-order valence-electron chi connectivity index (χ3n) is 1.67. The number of rotatable bonds is 0. The summed E-state index contributed by atoms with van der Waals surface area (Å²) in [5, 5.41) is 0. The van der Waals surface area contributed by atoms with Gasteiger partial charge >= 0.3 is 0 Å². The zero-order valence-corrected chi connectivity index (χ0v) is 5.67. The van der Waals surface area contributed by atoms with Crippen LogP contribution in [-0.2, 0) is 6.42 Å². The Hall–Kier alpha value is -1.11. The summed E-state index contributed by atoms with van der Waals surface area (Å²) in [6.45, 7) is 0. The Balaban J connectivity index is 2.54. The Bertz CT molecular complexity index is 263. The predicted octanol–water partition coefficient (Wildman–Crippen LogP) is 1.74. The molecule has 0 amide bonds. The van der Waals surface area contributed by atoms with Gasteiger partial charge in [-0.1, -0.05) is 12.1 Å². The van der Waals surface area contributed by atoms with Crippen molar-refractivity contribution < 1.29 is 0 Å². The van der Waals surface area contributed by atoms with E-state index in [-0.39, 0.29) is 0 Å². The molecule has 0 atom stereocenters. The lowest BCUT2D eigenvalue weighted by atomic mass is 10.0. The summed E-state index contributed by atoms with van der Waals surface area (Å²) in [5.74, 6) is 0. The molecule has 1 heteroatoms. The van der Waals surface area contributed by atoms with Crippen molar-refractivity contribution in [3.8, 4) is 0 Å². The fourth-order valence-corrected chi connectivity index (χ4v) is 1.16. The first-order valence-corrected chi connectivity index (χ1v) is 3.49. The Morgan fingerprint density at radius 2 is 2.50 bits per heavy atom. The van der Waals surface area contributed by atoms with Crippen LogP contribution < -0.4 is 0 Å². The van der Waals surface area contributed by atoms with Gasteiger partial charge in [0.05, 0.1) is 0 Å². The third-order valence-corrected chi connectivity index (χ3v) is 1.67. The van der Waals surface area contributed by atoms with Gasteiger partial charge in [0.25, 0.3) is 0 Å². The summed E-state index contributed by atoms with van der Waals surface area (Å²) in [6.07, 6.45) is 9.25. The second-order valence-electron chi connectivity index (χ2n) is 2.38. The smallest absolute Gasteiger partial charge is 0.0485 e. The Kier molecular flexibility index (Phi) is 1.28. The zero-order chi connectivity index (χ0) is 6.81. The highest BCUT2D eigenvalue weighted by Gasteiger charge is 2.02. The molecule has 1 aromatic heterocycles. The molecule has 1 nitrogen and oxygen atoms in total. The molecule has 0 fully saturated rings. The second-order valence-corrected chi connectivity index (χ2v) is 2.38. The largest absolute Gasteiger partial charge is 0.261 e. The first-order valence-electron chi connectivity index (χ1n) is 3.49. The Morgan fingerprint density at radius 3 is 3.40 bits per heavy atom. The molecule has 1 radical (unpaired) electrons. The maximum absolute atomic E-state index is 4.24. The SMILES string of the molecule is [C]1=CCCc2ncccc21. The lowest BCUT2D eigenvalue weighted by molar-refractivity contribution is 0.909. The van der Waals surface area contributed by atoms with Gasteiger partial charge in [0.2, 0.25) is 0 Å². The van der Waals surface area contributed by atoms with Crippen LogP contribution in [-0.4, -0.2) is 4.98 Å². The molecule has 0 saturated carbocycles. The molecule has 1 aliphatic carbocycles. The van der Waals surface area contributed by atoms with Gasteiger partial charge in [0, 0.05) is 17.5 Å². The van der Waals surface area contributed by atoms with Gasteiger partial charge < -0.3 is 0 Å². The lowest BCUT2D eigenvalue weighted by Crippen LogP contribution is -1.97. The van der Waals surface area contributed by atoms with Crippen molar-refractivity contribution in [3.05, 3.63) is 41.7 Å². The molecule has 0 N–H and O–H groups in total. The topological polar surface area (TPSA) is 12.9 Å². The van der Waals surface area contributed by atoms with E-state index >= 15 is 0 Å². The molecule has 49 valence electrons. The number of aryl methyl sites for hydroxylation is 1. The minimum absolute atomic E-state index is 1.07. The molecular formula is C9H8N. The zero-order valence-electron chi connectivity index (χ0n) is 5.67. The number of allylic oxidation sites excluding steroid dienone is 1. The van der Waals surface area contributed by atoms with Gasteiger partial charge in [0.15, 0.2) is 0 Å². The molecule has 1 heterocycles. The lowest BCUT2D eigenvalue weighted by Gasteiger charge is -2.05. The van der Waals surface area contributed by atoms with Crippen molar-refractivity contribution >= 4 is 0 Å². The van der Waals surface area contributed by atoms with Crippen LogP contribution in [0.2, 0.25) is 0 Å². The third kappa shape index (κ3) is 0.838. The van der Waals surface area contributed by atoms with E-state index in [1.54, 1.807) is 0 Å². The van der Waals surface area contributed by atoms with Gasteiger partial charge in [-0.15, -0.1) is 0 Å². The average Bonchev–Trinajstić information content (AvgIpc) is 2.05. The Labute approximate surface area is 60.4 Å². The Morgan fingerprint density at radius 1 is 1.50 bits per heavy atom. The van der Waals surface area contributed by atoms with Crippen LogP contribution in [0.3, 0.4) is 0 Å². The maximum atomic E-state index is 4.24. The van der Waals surface area contributed by atoms with E-state index in [9.17, 15) is 0 Å². The van der Waals surface area contributed by atoms with Crippen LogP contribution in [0.5, 0.6) is 0 Å². The summed E-state index contributed by atoms with van der Waals surface area (Å²) < 4.78 is 0. The van der Waals surface area contributed by atoms with Gasteiger partial charge in [-0.2, -0.15) is 0 Å². The molecule has 0 saturated heterocycles. The van der Waals surface area contributed by atoms with Crippen molar-refractivity contribution in [1.29, 1.82) is 0 Å². The molecule has 0 aromatic carbocycles. The minimum atomic E-state index is 1.07. The van der Waals surface area contributed by atoms with Crippen molar-refractivity contribution in [2.45, 2.75) is 12.8 Å². The minimum Gasteiger partial charge on any atom is -0.261 e. The van der Waals surface area contributed by atoms with Crippen LogP contribution in [0.1, 0.15) is 17.7 Å². The monoisotopic (exact) mass is 130 g/mol. The highest BCUT2D eigenvalue weighted by Crippen LogP contribution is 2.12. The van der Waals surface area contributed by atoms with Crippen molar-refractivity contribution in [2.75, 3.05) is 0 Å². The van der Waals surface area contributed by atoms with Gasteiger partial charge in [-0.3, -0.25) is 4.98 Å². The molecule has 2 rings (SSSR count). The number of aromatic nitrogens is 1. The van der Waals surface area contributed by atoms with Crippen molar-refractivity contribution in [1.82, 2.24) is 4.98 Å². The number of pyridine rings is 1. The average molecular weight is 130 g/mol. The van der Waals surface area contributed by atoms with Gasteiger partial charge in [-0.05, 0) is 25.0 Å². The van der Waals surface area contributed by atoms with E-state index in [4.69, 9.17) is 0 Å². The number of fused-ring (bicyclic) bond motifs is 1. The summed E-state index contributed by atoms with van der Waals surface area (Å²) in [6, 6.07) is 4.00. The standard InChI is InChI=1S/C9H8N/c1-2-6-9-8(4-1)5-3-7-10-9/h1,3,5,7H,2,6H2. The maximum Gasteiger partial charge on any atom is 0.0485 e. The summed E-state index contributed by atoms with van der Waals surface area (Å²) in [5.41, 5.74) is 2.35.